The molecule has 0 spiro atoms. The van der Waals surface area contributed by atoms with Crippen LogP contribution in [0.4, 0.5) is 0 Å². The second-order valence-corrected chi connectivity index (χ2v) is 8.03. The van der Waals surface area contributed by atoms with E-state index in [-0.39, 0.29) is 48.9 Å². The number of esters is 3. The van der Waals surface area contributed by atoms with Crippen LogP contribution in [0.3, 0.4) is 0 Å². The summed E-state index contributed by atoms with van der Waals surface area (Å²) < 4.78 is 45.6. The van der Waals surface area contributed by atoms with Gasteiger partial charge < -0.3 is 14.2 Å². The van der Waals surface area contributed by atoms with Gasteiger partial charge in [0.05, 0.1) is 0 Å². The van der Waals surface area contributed by atoms with Gasteiger partial charge in [0.2, 0.25) is 0 Å². The first-order chi connectivity index (χ1) is 11.7. The van der Waals surface area contributed by atoms with Crippen molar-refractivity contribution in [1.29, 1.82) is 0 Å². The quantitative estimate of drug-likeness (QED) is 0.167. The molecule has 1 unspecified atom stereocenters. The monoisotopic (exact) mass is 434 g/mol. The Balaban J connectivity index is 0. The van der Waals surface area contributed by atoms with Crippen LogP contribution in [0.5, 0.6) is 0 Å². The minimum absolute atomic E-state index is 0. The van der Waals surface area contributed by atoms with Crippen LogP contribution >= 0.6 is 0 Å². The topological polar surface area (TPSA) is 133 Å². The molecule has 0 amide bonds. The van der Waals surface area contributed by atoms with E-state index in [4.69, 9.17) is 18.8 Å². The van der Waals surface area contributed by atoms with Crippen molar-refractivity contribution in [2.24, 2.45) is 5.41 Å². The van der Waals surface area contributed by atoms with E-state index in [9.17, 15) is 22.8 Å². The van der Waals surface area contributed by atoms with Crippen molar-refractivity contribution in [3.63, 3.8) is 0 Å². The Morgan fingerprint density at radius 2 is 1.37 bits per heavy atom. The molecule has 1 atom stereocenters. The zero-order valence-electron chi connectivity index (χ0n) is 15.2. The van der Waals surface area contributed by atoms with Gasteiger partial charge in [0, 0.05) is 11.1 Å². The van der Waals surface area contributed by atoms with Gasteiger partial charge in [-0.25, -0.2) is 9.59 Å². The van der Waals surface area contributed by atoms with E-state index in [1.165, 1.54) is 20.8 Å². The van der Waals surface area contributed by atoms with Crippen LogP contribution in [0.15, 0.2) is 24.3 Å². The fourth-order valence-corrected chi connectivity index (χ4v) is 1.55. The molecule has 0 aromatic heterocycles. The fraction of sp³-hybridized carbons (Fsp3) is 0.562. The SMILES string of the molecule is C=C(C)C(=O)OCC(C)(COC(=O)C(=C)C)C(=O)OCC(C)S(=O)(=O)O.[CaH2]. The summed E-state index contributed by atoms with van der Waals surface area (Å²) in [6.07, 6.45) is 0. The van der Waals surface area contributed by atoms with E-state index in [1.807, 2.05) is 0 Å². The Hall–Kier alpha value is -0.940. The molecule has 0 radical (unpaired) electrons. The van der Waals surface area contributed by atoms with Gasteiger partial charge in [-0.2, -0.15) is 8.42 Å². The van der Waals surface area contributed by atoms with Gasteiger partial charge in [0.15, 0.2) is 0 Å². The van der Waals surface area contributed by atoms with E-state index >= 15 is 0 Å². The average molecular weight is 435 g/mol. The van der Waals surface area contributed by atoms with Crippen molar-refractivity contribution in [2.45, 2.75) is 32.9 Å². The number of hydrogen-bond donors (Lipinski definition) is 1. The zero-order valence-corrected chi connectivity index (χ0v) is 16.1. The second kappa shape index (κ2) is 11.8. The third kappa shape index (κ3) is 10.2. The fourth-order valence-electron chi connectivity index (χ4n) is 1.31. The molecule has 0 aliphatic carbocycles. The van der Waals surface area contributed by atoms with Gasteiger partial charge in [-0.1, -0.05) is 13.2 Å². The van der Waals surface area contributed by atoms with Crippen molar-refractivity contribution in [3.8, 4) is 0 Å². The van der Waals surface area contributed by atoms with Gasteiger partial charge in [0.25, 0.3) is 10.1 Å². The van der Waals surface area contributed by atoms with Gasteiger partial charge in [0.1, 0.15) is 30.5 Å². The van der Waals surface area contributed by atoms with Crippen LogP contribution in [-0.2, 0) is 38.7 Å². The van der Waals surface area contributed by atoms with E-state index < -0.39 is 58.5 Å². The molecule has 152 valence electrons. The predicted octanol–water partition coefficient (Wildman–Crippen LogP) is 0.135. The molecule has 0 bridgehead atoms. The van der Waals surface area contributed by atoms with Crippen LogP contribution in [0.2, 0.25) is 0 Å². The molecular formula is C16H26CaO9S. The van der Waals surface area contributed by atoms with Crippen LogP contribution in [0, 0.1) is 5.41 Å². The number of rotatable bonds is 10. The molecule has 0 rings (SSSR count). The Morgan fingerprint density at radius 1 is 1.00 bits per heavy atom. The van der Waals surface area contributed by atoms with Gasteiger partial charge in [-0.05, 0) is 27.7 Å². The van der Waals surface area contributed by atoms with E-state index in [0.29, 0.717) is 0 Å². The summed E-state index contributed by atoms with van der Waals surface area (Å²) in [5, 5.41) is -1.35. The number of hydrogen-bond acceptors (Lipinski definition) is 8. The molecule has 27 heavy (non-hydrogen) atoms. The molecule has 11 heteroatoms. The Labute approximate surface area is 188 Å². The van der Waals surface area contributed by atoms with Crippen LogP contribution in [0.1, 0.15) is 27.7 Å². The minimum atomic E-state index is -4.39. The molecule has 1 N–H and O–H groups in total. The average Bonchev–Trinajstić information content (AvgIpc) is 2.53. The maximum absolute atomic E-state index is 12.3. The maximum atomic E-state index is 12.3. The molecule has 0 aromatic carbocycles. The normalized spacial score (nSPS) is 12.2. The summed E-state index contributed by atoms with van der Waals surface area (Å²) in [4.78, 5) is 35.4. The Kier molecular flexibility index (Phi) is 12.4. The van der Waals surface area contributed by atoms with Gasteiger partial charge >= 0.3 is 55.6 Å². The second-order valence-electron chi connectivity index (χ2n) is 6.20. The summed E-state index contributed by atoms with van der Waals surface area (Å²) in [5.41, 5.74) is -1.41. The van der Waals surface area contributed by atoms with Crippen molar-refractivity contribution < 1.29 is 41.6 Å². The summed E-state index contributed by atoms with van der Waals surface area (Å²) >= 11 is 0. The standard InChI is InChI=1S/C16H24O9S.Ca.2H/c1-10(2)13(17)24-8-16(6,9-25-14(18)11(3)4)15(19)23-7-12(5)26(20,21)22;;;/h12H,1,3,7-9H2,2,4-6H3,(H,20,21,22);;;. The zero-order chi connectivity index (χ0) is 20.7. The number of carbonyl (C=O) groups excluding carboxylic acids is 3. The van der Waals surface area contributed by atoms with Gasteiger partial charge in [-0.3, -0.25) is 9.35 Å². The van der Waals surface area contributed by atoms with E-state index in [2.05, 4.69) is 13.2 Å². The summed E-state index contributed by atoms with van der Waals surface area (Å²) in [5.74, 6) is -2.50. The third-order valence-electron chi connectivity index (χ3n) is 3.19. The first kappa shape index (κ1) is 28.3. The first-order valence-electron chi connectivity index (χ1n) is 7.49. The van der Waals surface area contributed by atoms with Crippen molar-refractivity contribution in [3.05, 3.63) is 24.3 Å². The molecule has 0 heterocycles. The molecular weight excluding hydrogens is 408 g/mol. The molecule has 9 nitrogen and oxygen atoms in total. The molecule has 0 saturated carbocycles. The van der Waals surface area contributed by atoms with E-state index in [0.717, 1.165) is 6.92 Å². The van der Waals surface area contributed by atoms with Crippen LogP contribution in [0.25, 0.3) is 0 Å². The molecule has 0 saturated heterocycles. The Morgan fingerprint density at radius 3 is 1.67 bits per heavy atom. The van der Waals surface area contributed by atoms with E-state index in [1.54, 1.807) is 0 Å². The van der Waals surface area contributed by atoms with Crippen molar-refractivity contribution >= 4 is 65.8 Å². The predicted molar refractivity (Wildman–Crippen MR) is 100 cm³/mol. The molecule has 0 aromatic rings. The molecule has 0 aliphatic rings. The summed E-state index contributed by atoms with van der Waals surface area (Å²) in [7, 11) is -4.39. The van der Waals surface area contributed by atoms with Gasteiger partial charge in [-0.15, -0.1) is 0 Å². The number of carbonyl (C=O) groups is 3. The summed E-state index contributed by atoms with van der Waals surface area (Å²) in [6.45, 7) is 10.4. The number of ether oxygens (including phenoxy) is 3. The Bertz CT molecular complexity index is 667. The molecule has 0 fully saturated rings. The van der Waals surface area contributed by atoms with Crippen LogP contribution in [-0.4, -0.2) is 93.7 Å². The summed E-state index contributed by atoms with van der Waals surface area (Å²) in [6, 6.07) is 0. The first-order valence-corrected chi connectivity index (χ1v) is 9.00. The third-order valence-corrected chi connectivity index (χ3v) is 4.34. The molecule has 0 aliphatic heterocycles. The van der Waals surface area contributed by atoms with Crippen LogP contribution < -0.4 is 0 Å². The van der Waals surface area contributed by atoms with Crippen molar-refractivity contribution in [1.82, 2.24) is 0 Å². The van der Waals surface area contributed by atoms with Crippen molar-refractivity contribution in [2.75, 3.05) is 19.8 Å².